The summed E-state index contributed by atoms with van der Waals surface area (Å²) in [7, 11) is 3.44. The quantitative estimate of drug-likeness (QED) is 0.733. The minimum atomic E-state index is -0.261. The highest BCUT2D eigenvalue weighted by atomic mass is 79.9. The molecule has 0 fully saturated rings. The molecule has 1 aliphatic heterocycles. The first-order valence-electron chi connectivity index (χ1n) is 4.75. The molecule has 1 aromatic rings. The number of nitrogens with zero attached hydrogens (tertiary/aromatic N) is 1. The number of carbonyl (C=O) groups excluding carboxylic acids is 1. The van der Waals surface area contributed by atoms with Crippen molar-refractivity contribution in [3.05, 3.63) is 27.7 Å². The van der Waals surface area contributed by atoms with Crippen LogP contribution in [0.5, 0.6) is 0 Å². The Labute approximate surface area is 97.2 Å². The number of anilines is 1. The number of halogens is 1. The van der Waals surface area contributed by atoms with E-state index in [0.29, 0.717) is 5.56 Å². The molecule has 0 unspecified atom stereocenters. The zero-order valence-corrected chi connectivity index (χ0v) is 10.3. The fraction of sp³-hybridized carbons (Fsp3) is 0.364. The van der Waals surface area contributed by atoms with Crippen molar-refractivity contribution >= 4 is 27.6 Å². The lowest BCUT2D eigenvalue weighted by molar-refractivity contribution is 0.0599. The molecule has 0 aliphatic carbocycles. The number of likely N-dealkylation sites (N-methyl/N-ethyl adjacent to an activating group) is 1. The topological polar surface area (TPSA) is 29.5 Å². The molecule has 0 N–H and O–H groups in total. The Hall–Kier alpha value is -1.03. The summed E-state index contributed by atoms with van der Waals surface area (Å²) in [6, 6.07) is 3.86. The monoisotopic (exact) mass is 269 g/mol. The van der Waals surface area contributed by atoms with Crippen molar-refractivity contribution in [1.29, 1.82) is 0 Å². The zero-order valence-electron chi connectivity index (χ0n) is 8.71. The van der Waals surface area contributed by atoms with Crippen LogP contribution in [0, 0.1) is 0 Å². The summed E-state index contributed by atoms with van der Waals surface area (Å²) in [4.78, 5) is 13.7. The minimum Gasteiger partial charge on any atom is -0.465 e. The second kappa shape index (κ2) is 3.85. The van der Waals surface area contributed by atoms with E-state index in [2.05, 4.69) is 20.8 Å². The molecule has 0 atom stereocenters. The molecular weight excluding hydrogens is 258 g/mol. The van der Waals surface area contributed by atoms with E-state index < -0.39 is 0 Å². The van der Waals surface area contributed by atoms with Gasteiger partial charge in [-0.15, -0.1) is 0 Å². The lowest BCUT2D eigenvalue weighted by atomic mass is 10.1. The van der Waals surface area contributed by atoms with Crippen LogP contribution in [0.1, 0.15) is 15.9 Å². The van der Waals surface area contributed by atoms with E-state index >= 15 is 0 Å². The third-order valence-corrected chi connectivity index (χ3v) is 3.16. The maximum absolute atomic E-state index is 11.6. The van der Waals surface area contributed by atoms with Crippen molar-refractivity contribution in [2.45, 2.75) is 6.42 Å². The number of rotatable bonds is 1. The molecular formula is C11H12BrNO2. The van der Waals surface area contributed by atoms with Gasteiger partial charge in [0.1, 0.15) is 0 Å². The van der Waals surface area contributed by atoms with E-state index in [-0.39, 0.29) is 5.97 Å². The summed E-state index contributed by atoms with van der Waals surface area (Å²) < 4.78 is 5.69. The molecule has 1 heterocycles. The normalized spacial score (nSPS) is 13.9. The van der Waals surface area contributed by atoms with Crippen molar-refractivity contribution in [3.63, 3.8) is 0 Å². The molecule has 4 heteroatoms. The Kier molecular flexibility index (Phi) is 2.69. The summed E-state index contributed by atoms with van der Waals surface area (Å²) in [5.41, 5.74) is 2.88. The highest BCUT2D eigenvalue weighted by Gasteiger charge is 2.23. The zero-order chi connectivity index (χ0) is 11.0. The van der Waals surface area contributed by atoms with Crippen LogP contribution in [0.3, 0.4) is 0 Å². The van der Waals surface area contributed by atoms with Crippen LogP contribution in [0.15, 0.2) is 16.6 Å². The van der Waals surface area contributed by atoms with Gasteiger partial charge in [-0.1, -0.05) is 15.9 Å². The van der Waals surface area contributed by atoms with E-state index in [4.69, 9.17) is 4.74 Å². The van der Waals surface area contributed by atoms with Crippen molar-refractivity contribution in [3.8, 4) is 0 Å². The average molecular weight is 270 g/mol. The van der Waals surface area contributed by atoms with Crippen LogP contribution in [-0.2, 0) is 11.2 Å². The number of methoxy groups -OCH3 is 1. The highest BCUT2D eigenvalue weighted by molar-refractivity contribution is 9.10. The fourth-order valence-corrected chi connectivity index (χ4v) is 2.36. The summed E-state index contributed by atoms with van der Waals surface area (Å²) >= 11 is 3.41. The number of esters is 1. The smallest absolute Gasteiger partial charge is 0.338 e. The SMILES string of the molecule is COC(=O)c1cc(Br)cc2c1CCN2C. The predicted octanol–water partition coefficient (Wildman–Crippen LogP) is 2.23. The molecule has 0 saturated carbocycles. The third kappa shape index (κ3) is 1.74. The number of fused-ring (bicyclic) bond motifs is 1. The standard InChI is InChI=1S/C11H12BrNO2/c1-13-4-3-8-9(11(14)15-2)5-7(12)6-10(8)13/h5-6H,3-4H2,1-2H3. The molecule has 0 aromatic heterocycles. The summed E-state index contributed by atoms with van der Waals surface area (Å²) in [6.07, 6.45) is 0.906. The largest absolute Gasteiger partial charge is 0.465 e. The van der Waals surface area contributed by atoms with Gasteiger partial charge in [-0.05, 0) is 24.1 Å². The van der Waals surface area contributed by atoms with E-state index in [9.17, 15) is 4.79 Å². The van der Waals surface area contributed by atoms with Gasteiger partial charge in [0.25, 0.3) is 0 Å². The Bertz CT molecular complexity index is 417. The van der Waals surface area contributed by atoms with Crippen molar-refractivity contribution in [1.82, 2.24) is 0 Å². The lowest BCUT2D eigenvalue weighted by Gasteiger charge is -2.13. The van der Waals surface area contributed by atoms with Gasteiger partial charge in [0, 0.05) is 23.8 Å². The molecule has 0 radical (unpaired) electrons. The minimum absolute atomic E-state index is 0.261. The number of ether oxygens (including phenoxy) is 1. The van der Waals surface area contributed by atoms with Crippen LogP contribution < -0.4 is 4.90 Å². The van der Waals surface area contributed by atoms with Crippen LogP contribution in [0.2, 0.25) is 0 Å². The Morgan fingerprint density at radius 1 is 1.53 bits per heavy atom. The first kappa shape index (κ1) is 10.5. The van der Waals surface area contributed by atoms with Crippen LogP contribution in [0.4, 0.5) is 5.69 Å². The molecule has 80 valence electrons. The average Bonchev–Trinajstić information content (AvgIpc) is 2.58. The number of hydrogen-bond donors (Lipinski definition) is 0. The summed E-state index contributed by atoms with van der Waals surface area (Å²) in [6.45, 7) is 0.954. The van der Waals surface area contributed by atoms with Gasteiger partial charge in [-0.3, -0.25) is 0 Å². The van der Waals surface area contributed by atoms with Crippen molar-refractivity contribution in [2.24, 2.45) is 0 Å². The van der Waals surface area contributed by atoms with Gasteiger partial charge in [0.15, 0.2) is 0 Å². The molecule has 0 bridgehead atoms. The van der Waals surface area contributed by atoms with Crippen molar-refractivity contribution in [2.75, 3.05) is 25.6 Å². The Balaban J connectivity index is 2.56. The van der Waals surface area contributed by atoms with Crippen LogP contribution in [0.25, 0.3) is 0 Å². The van der Waals surface area contributed by atoms with E-state index in [1.165, 1.54) is 7.11 Å². The van der Waals surface area contributed by atoms with Gasteiger partial charge in [0.05, 0.1) is 12.7 Å². The molecule has 0 amide bonds. The lowest BCUT2D eigenvalue weighted by Crippen LogP contribution is -2.12. The van der Waals surface area contributed by atoms with Gasteiger partial charge in [-0.25, -0.2) is 4.79 Å². The van der Waals surface area contributed by atoms with Crippen LogP contribution >= 0.6 is 15.9 Å². The van der Waals surface area contributed by atoms with Crippen molar-refractivity contribution < 1.29 is 9.53 Å². The van der Waals surface area contributed by atoms with Gasteiger partial charge < -0.3 is 9.64 Å². The molecule has 1 aliphatic rings. The van der Waals surface area contributed by atoms with Crippen LogP contribution in [-0.4, -0.2) is 26.7 Å². The number of hydrogen-bond acceptors (Lipinski definition) is 3. The molecule has 1 aromatic carbocycles. The molecule has 15 heavy (non-hydrogen) atoms. The molecule has 2 rings (SSSR count). The second-order valence-electron chi connectivity index (χ2n) is 3.61. The number of benzene rings is 1. The first-order chi connectivity index (χ1) is 7.13. The molecule has 3 nitrogen and oxygen atoms in total. The first-order valence-corrected chi connectivity index (χ1v) is 5.54. The van der Waals surface area contributed by atoms with E-state index in [1.54, 1.807) is 0 Å². The van der Waals surface area contributed by atoms with E-state index in [1.807, 2.05) is 19.2 Å². The second-order valence-corrected chi connectivity index (χ2v) is 4.53. The van der Waals surface area contributed by atoms with Gasteiger partial charge in [0.2, 0.25) is 0 Å². The summed E-state index contributed by atoms with van der Waals surface area (Å²) in [5.74, 6) is -0.261. The third-order valence-electron chi connectivity index (χ3n) is 2.70. The fourth-order valence-electron chi connectivity index (χ4n) is 1.92. The Morgan fingerprint density at radius 2 is 2.27 bits per heavy atom. The molecule has 0 saturated heterocycles. The van der Waals surface area contributed by atoms with E-state index in [0.717, 1.165) is 28.7 Å². The maximum Gasteiger partial charge on any atom is 0.338 e. The predicted molar refractivity (Wildman–Crippen MR) is 62.5 cm³/mol. The maximum atomic E-state index is 11.6. The summed E-state index contributed by atoms with van der Waals surface area (Å²) in [5, 5.41) is 0. The van der Waals surface area contributed by atoms with Gasteiger partial charge >= 0.3 is 5.97 Å². The highest BCUT2D eigenvalue weighted by Crippen LogP contribution is 2.33. The van der Waals surface area contributed by atoms with Gasteiger partial charge in [-0.2, -0.15) is 0 Å². The Morgan fingerprint density at radius 3 is 2.93 bits per heavy atom. The molecule has 0 spiro atoms. The number of carbonyl (C=O) groups is 1.